The van der Waals surface area contributed by atoms with E-state index in [1.54, 1.807) is 19.1 Å². The van der Waals surface area contributed by atoms with Crippen LogP contribution >= 0.6 is 0 Å². The fraction of sp³-hybridized carbons (Fsp3) is 0.500. The van der Waals surface area contributed by atoms with Crippen molar-refractivity contribution in [2.24, 2.45) is 0 Å². The number of piperidine rings is 1. The van der Waals surface area contributed by atoms with E-state index in [0.717, 1.165) is 47.5 Å². The SMILES string of the molecule is COCCCc1ccccc1CNC(=O)COC1CN(C(=O)OC(C)(C)C)CCC1c1ccc(OCCCOCc2ccccc2OC)cc1. The smallest absolute Gasteiger partial charge is 0.410 e. The normalized spacial score (nSPS) is 16.1. The van der Waals surface area contributed by atoms with Gasteiger partial charge in [-0.05, 0) is 74.9 Å². The average molecular weight is 691 g/mol. The second kappa shape index (κ2) is 19.9. The van der Waals surface area contributed by atoms with Crippen LogP contribution in [-0.4, -0.2) is 82.3 Å². The first kappa shape index (κ1) is 38.7. The molecule has 2 unspecified atom stereocenters. The number of methoxy groups -OCH3 is 2. The predicted molar refractivity (Wildman–Crippen MR) is 193 cm³/mol. The Hall–Kier alpha value is -4.12. The minimum Gasteiger partial charge on any atom is -0.496 e. The molecule has 0 bridgehead atoms. The lowest BCUT2D eigenvalue weighted by Crippen LogP contribution is -2.49. The zero-order chi connectivity index (χ0) is 35.8. The minimum absolute atomic E-state index is 0.0135. The predicted octanol–water partition coefficient (Wildman–Crippen LogP) is 6.69. The van der Waals surface area contributed by atoms with Crippen molar-refractivity contribution < 1.29 is 38.0 Å². The Bertz CT molecular complexity index is 1470. The van der Waals surface area contributed by atoms with Gasteiger partial charge in [0, 0.05) is 44.7 Å². The summed E-state index contributed by atoms with van der Waals surface area (Å²) in [5.41, 5.74) is 3.74. The highest BCUT2D eigenvalue weighted by Crippen LogP contribution is 2.32. The summed E-state index contributed by atoms with van der Waals surface area (Å²) in [5.74, 6) is 1.37. The third-order valence-corrected chi connectivity index (χ3v) is 8.49. The Labute approximate surface area is 297 Å². The number of aryl methyl sites for hydroxylation is 1. The van der Waals surface area contributed by atoms with Gasteiger partial charge in [0.2, 0.25) is 5.91 Å². The Morgan fingerprint density at radius 3 is 2.30 bits per heavy atom. The maximum atomic E-state index is 13.0. The van der Waals surface area contributed by atoms with Gasteiger partial charge in [0.05, 0.1) is 39.6 Å². The molecule has 0 spiro atoms. The van der Waals surface area contributed by atoms with E-state index in [4.69, 9.17) is 28.4 Å². The van der Waals surface area contributed by atoms with Crippen molar-refractivity contribution in [2.75, 3.05) is 53.7 Å². The van der Waals surface area contributed by atoms with Crippen LogP contribution in [0.4, 0.5) is 4.79 Å². The summed E-state index contributed by atoms with van der Waals surface area (Å²) in [6.45, 7) is 8.97. The number of hydrogen-bond acceptors (Lipinski definition) is 8. The Balaban J connectivity index is 1.30. The highest BCUT2D eigenvalue weighted by atomic mass is 16.6. The molecule has 3 aromatic carbocycles. The fourth-order valence-corrected chi connectivity index (χ4v) is 5.93. The maximum Gasteiger partial charge on any atom is 0.410 e. The molecule has 0 radical (unpaired) electrons. The summed E-state index contributed by atoms with van der Waals surface area (Å²) in [4.78, 5) is 27.6. The van der Waals surface area contributed by atoms with Crippen LogP contribution in [0, 0.1) is 0 Å². The maximum absolute atomic E-state index is 13.0. The molecule has 10 heteroatoms. The standard InChI is InChI=1S/C40H54N2O8/c1-40(2,3)50-39(44)42-22-21-35(37(27-42)49-29-38(43)41-26-32-13-7-6-12-30(32)15-10-23-45-4)31-17-19-34(20-18-31)48-25-11-24-47-28-33-14-8-9-16-36(33)46-5/h6-9,12-14,16-20,35,37H,10-11,15,21-29H2,1-5H3,(H,41,43). The molecule has 10 nitrogen and oxygen atoms in total. The van der Waals surface area contributed by atoms with E-state index in [0.29, 0.717) is 52.5 Å². The zero-order valence-corrected chi connectivity index (χ0v) is 30.3. The van der Waals surface area contributed by atoms with E-state index >= 15 is 0 Å². The van der Waals surface area contributed by atoms with Gasteiger partial charge in [0.1, 0.15) is 23.7 Å². The second-order valence-electron chi connectivity index (χ2n) is 13.4. The monoisotopic (exact) mass is 690 g/mol. The van der Waals surface area contributed by atoms with Crippen LogP contribution in [0.15, 0.2) is 72.8 Å². The summed E-state index contributed by atoms with van der Waals surface area (Å²) >= 11 is 0. The number of benzene rings is 3. The number of ether oxygens (including phenoxy) is 6. The minimum atomic E-state index is -0.610. The van der Waals surface area contributed by atoms with E-state index in [9.17, 15) is 9.59 Å². The highest BCUT2D eigenvalue weighted by molar-refractivity contribution is 5.77. The van der Waals surface area contributed by atoms with Crippen molar-refractivity contribution >= 4 is 12.0 Å². The molecule has 272 valence electrons. The first-order chi connectivity index (χ1) is 24.2. The number of nitrogens with zero attached hydrogens (tertiary/aromatic N) is 1. The van der Waals surface area contributed by atoms with Gasteiger partial charge in [0.25, 0.3) is 0 Å². The molecule has 1 heterocycles. The van der Waals surface area contributed by atoms with Crippen molar-refractivity contribution in [3.8, 4) is 11.5 Å². The second-order valence-corrected chi connectivity index (χ2v) is 13.4. The molecule has 2 amide bonds. The van der Waals surface area contributed by atoms with Crippen molar-refractivity contribution in [1.82, 2.24) is 10.2 Å². The molecular weight excluding hydrogens is 636 g/mol. The average Bonchev–Trinajstić information content (AvgIpc) is 3.11. The topological polar surface area (TPSA) is 105 Å². The molecular formula is C40H54N2O8. The summed E-state index contributed by atoms with van der Waals surface area (Å²) in [6.07, 6.45) is 2.44. The number of rotatable bonds is 18. The molecule has 3 aromatic rings. The summed E-state index contributed by atoms with van der Waals surface area (Å²) in [6, 6.07) is 23.9. The Kier molecular flexibility index (Phi) is 15.4. The van der Waals surface area contributed by atoms with Crippen LogP contribution in [0.25, 0.3) is 0 Å². The van der Waals surface area contributed by atoms with E-state index in [-0.39, 0.29) is 24.5 Å². The van der Waals surface area contributed by atoms with Gasteiger partial charge in [0.15, 0.2) is 0 Å². The van der Waals surface area contributed by atoms with E-state index in [2.05, 4.69) is 11.4 Å². The van der Waals surface area contributed by atoms with Gasteiger partial charge < -0.3 is 38.6 Å². The van der Waals surface area contributed by atoms with E-state index in [1.165, 1.54) is 5.56 Å². The highest BCUT2D eigenvalue weighted by Gasteiger charge is 2.35. The number of nitrogens with one attached hydrogen (secondary N) is 1. The number of hydrogen-bond donors (Lipinski definition) is 1. The Morgan fingerprint density at radius 1 is 0.860 bits per heavy atom. The summed E-state index contributed by atoms with van der Waals surface area (Å²) in [7, 11) is 3.36. The number of likely N-dealkylation sites (tertiary alicyclic amines) is 1. The van der Waals surface area contributed by atoms with Gasteiger partial charge in [-0.25, -0.2) is 4.79 Å². The lowest BCUT2D eigenvalue weighted by atomic mass is 9.87. The molecule has 1 aliphatic rings. The molecule has 0 aromatic heterocycles. The third-order valence-electron chi connectivity index (χ3n) is 8.49. The number of amides is 2. The lowest BCUT2D eigenvalue weighted by Gasteiger charge is -2.39. The van der Waals surface area contributed by atoms with Crippen LogP contribution in [0.2, 0.25) is 0 Å². The van der Waals surface area contributed by atoms with Crippen molar-refractivity contribution in [2.45, 2.75) is 77.2 Å². The van der Waals surface area contributed by atoms with E-state index in [1.807, 2.05) is 87.5 Å². The first-order valence-corrected chi connectivity index (χ1v) is 17.5. The number of para-hydroxylation sites is 1. The van der Waals surface area contributed by atoms with Crippen LogP contribution < -0.4 is 14.8 Å². The van der Waals surface area contributed by atoms with Crippen LogP contribution in [-0.2, 0) is 43.3 Å². The molecule has 4 rings (SSSR count). The van der Waals surface area contributed by atoms with Crippen LogP contribution in [0.5, 0.6) is 11.5 Å². The van der Waals surface area contributed by atoms with Crippen molar-refractivity contribution in [3.05, 3.63) is 95.1 Å². The van der Waals surface area contributed by atoms with Gasteiger partial charge >= 0.3 is 6.09 Å². The third kappa shape index (κ3) is 12.6. The quantitative estimate of drug-likeness (QED) is 0.147. The molecule has 1 saturated heterocycles. The molecule has 1 aliphatic heterocycles. The summed E-state index contributed by atoms with van der Waals surface area (Å²) in [5, 5.41) is 3.01. The first-order valence-electron chi connectivity index (χ1n) is 17.5. The van der Waals surface area contributed by atoms with Gasteiger partial charge in [-0.3, -0.25) is 4.79 Å². The van der Waals surface area contributed by atoms with Gasteiger partial charge in [-0.15, -0.1) is 0 Å². The number of carbonyl (C=O) groups excluding carboxylic acids is 2. The fourth-order valence-electron chi connectivity index (χ4n) is 5.93. The summed E-state index contributed by atoms with van der Waals surface area (Å²) < 4.78 is 34.3. The van der Waals surface area contributed by atoms with Crippen molar-refractivity contribution in [3.63, 3.8) is 0 Å². The van der Waals surface area contributed by atoms with Crippen LogP contribution in [0.3, 0.4) is 0 Å². The molecule has 1 fully saturated rings. The van der Waals surface area contributed by atoms with Crippen LogP contribution in [0.1, 0.15) is 68.2 Å². The largest absolute Gasteiger partial charge is 0.496 e. The lowest BCUT2D eigenvalue weighted by molar-refractivity contribution is -0.129. The number of carbonyl (C=O) groups is 2. The molecule has 50 heavy (non-hydrogen) atoms. The zero-order valence-electron chi connectivity index (χ0n) is 30.3. The van der Waals surface area contributed by atoms with Gasteiger partial charge in [-0.2, -0.15) is 0 Å². The molecule has 0 aliphatic carbocycles. The molecule has 1 N–H and O–H groups in total. The van der Waals surface area contributed by atoms with Gasteiger partial charge in [-0.1, -0.05) is 54.6 Å². The van der Waals surface area contributed by atoms with E-state index < -0.39 is 11.7 Å². The Morgan fingerprint density at radius 2 is 1.58 bits per heavy atom. The molecule has 2 atom stereocenters. The molecule has 0 saturated carbocycles. The van der Waals surface area contributed by atoms with Crippen molar-refractivity contribution in [1.29, 1.82) is 0 Å².